The number of benzene rings is 1. The van der Waals surface area contributed by atoms with Crippen LogP contribution < -0.4 is 5.32 Å². The van der Waals surface area contributed by atoms with Crippen molar-refractivity contribution in [1.29, 1.82) is 0 Å². The fourth-order valence-electron chi connectivity index (χ4n) is 4.75. The molecule has 2 unspecified atom stereocenters. The molecule has 0 spiro atoms. The van der Waals surface area contributed by atoms with Crippen LogP contribution in [0.5, 0.6) is 0 Å². The summed E-state index contributed by atoms with van der Waals surface area (Å²) >= 11 is 1.37. The fraction of sp³-hybridized carbons (Fsp3) is 0.588. The van der Waals surface area contributed by atoms with Crippen molar-refractivity contribution in [3.63, 3.8) is 0 Å². The minimum atomic E-state index is 0.0129. The van der Waals surface area contributed by atoms with Crippen molar-refractivity contribution >= 4 is 33.5 Å². The van der Waals surface area contributed by atoms with Crippen LogP contribution in [0.3, 0.4) is 0 Å². The number of urea groups is 1. The summed E-state index contributed by atoms with van der Waals surface area (Å²) in [5.74, 6) is 0. The van der Waals surface area contributed by atoms with Crippen LogP contribution in [0.25, 0.3) is 10.2 Å². The van der Waals surface area contributed by atoms with E-state index in [-0.39, 0.29) is 11.4 Å². The van der Waals surface area contributed by atoms with Gasteiger partial charge in [0.05, 0.1) is 4.70 Å². The van der Waals surface area contributed by atoms with Gasteiger partial charge in [0.2, 0.25) is 0 Å². The number of carbonyl (C=O) groups excluding carboxylic acids is 1. The number of hydrogen-bond acceptors (Lipinski definition) is 4. The highest BCUT2D eigenvalue weighted by Crippen LogP contribution is 2.52. The van der Waals surface area contributed by atoms with Crippen LogP contribution >= 0.6 is 11.5 Å². The maximum absolute atomic E-state index is 12.8. The van der Waals surface area contributed by atoms with Crippen LogP contribution in [0, 0.1) is 10.8 Å². The minimum Gasteiger partial charge on any atom is -0.321 e. The second-order valence-electron chi connectivity index (χ2n) is 8.23. The quantitative estimate of drug-likeness (QED) is 0.855. The van der Waals surface area contributed by atoms with Crippen LogP contribution in [0.4, 0.5) is 10.5 Å². The van der Waals surface area contributed by atoms with Crippen LogP contribution in [-0.2, 0) is 0 Å². The largest absolute Gasteiger partial charge is 0.322 e. The van der Waals surface area contributed by atoms with Crippen LogP contribution in [0.1, 0.15) is 40.0 Å². The molecule has 1 aliphatic carbocycles. The van der Waals surface area contributed by atoms with E-state index in [1.807, 2.05) is 23.1 Å². The highest BCUT2D eigenvalue weighted by molar-refractivity contribution is 7.12. The zero-order valence-electron chi connectivity index (χ0n) is 13.8. The summed E-state index contributed by atoms with van der Waals surface area (Å²) in [5, 5.41) is 7.12. The molecular formula is C17H22N4OS. The summed E-state index contributed by atoms with van der Waals surface area (Å²) in [6.45, 7) is 7.82. The van der Waals surface area contributed by atoms with E-state index >= 15 is 0 Å². The number of anilines is 1. The lowest BCUT2D eigenvalue weighted by molar-refractivity contribution is 0.130. The first-order valence-electron chi connectivity index (χ1n) is 8.13. The normalized spacial score (nSPS) is 29.0. The Kier molecular flexibility index (Phi) is 3.17. The number of aromatic nitrogens is 2. The smallest absolute Gasteiger partial charge is 0.321 e. The van der Waals surface area contributed by atoms with Gasteiger partial charge in [-0.05, 0) is 59.8 Å². The molecule has 122 valence electrons. The van der Waals surface area contributed by atoms with Crippen molar-refractivity contribution in [1.82, 2.24) is 14.5 Å². The van der Waals surface area contributed by atoms with Gasteiger partial charge in [-0.25, -0.2) is 4.79 Å². The number of likely N-dealkylation sites (tertiary alicyclic amines) is 1. The molecule has 0 radical (unpaired) electrons. The first kappa shape index (κ1) is 14.9. The van der Waals surface area contributed by atoms with E-state index in [9.17, 15) is 4.79 Å². The minimum absolute atomic E-state index is 0.0129. The van der Waals surface area contributed by atoms with Crippen molar-refractivity contribution in [2.45, 2.75) is 46.1 Å². The molecule has 2 heterocycles. The Balaban J connectivity index is 1.53. The predicted octanol–water partition coefficient (Wildman–Crippen LogP) is 4.12. The third-order valence-corrected chi connectivity index (χ3v) is 5.88. The third kappa shape index (κ3) is 2.69. The summed E-state index contributed by atoms with van der Waals surface area (Å²) in [6, 6.07) is 6.15. The molecule has 23 heavy (non-hydrogen) atoms. The number of fused-ring (bicyclic) bond motifs is 3. The molecule has 2 aromatic rings. The van der Waals surface area contributed by atoms with Crippen molar-refractivity contribution < 1.29 is 4.79 Å². The predicted molar refractivity (Wildman–Crippen MR) is 92.7 cm³/mol. The lowest BCUT2D eigenvalue weighted by atomic mass is 9.65. The summed E-state index contributed by atoms with van der Waals surface area (Å²) < 4.78 is 4.97. The summed E-state index contributed by atoms with van der Waals surface area (Å²) in [6.07, 6.45) is 3.40. The zero-order valence-corrected chi connectivity index (χ0v) is 14.6. The molecule has 6 heteroatoms. The SMILES string of the molecule is CC1(C)CC2CC(C)(CN2C(=O)Nc2ccc3snnc3c2)C1. The van der Waals surface area contributed by atoms with E-state index in [4.69, 9.17) is 0 Å². The molecular weight excluding hydrogens is 308 g/mol. The number of nitrogens with one attached hydrogen (secondary N) is 1. The summed E-state index contributed by atoms with van der Waals surface area (Å²) in [5.41, 5.74) is 2.20. The standard InChI is InChI=1S/C17H22N4OS/c1-16(2)7-12-8-17(3,9-16)10-21(12)15(22)18-11-4-5-14-13(6-11)19-20-23-14/h4-6,12H,7-10H2,1-3H3,(H,18,22). The maximum Gasteiger partial charge on any atom is 0.322 e. The first-order chi connectivity index (χ1) is 10.8. The van der Waals surface area contributed by atoms with E-state index < -0.39 is 0 Å². The second-order valence-corrected chi connectivity index (χ2v) is 9.01. The van der Waals surface area contributed by atoms with Crippen LogP contribution in [0.2, 0.25) is 0 Å². The molecule has 5 nitrogen and oxygen atoms in total. The molecule has 1 saturated heterocycles. The first-order valence-corrected chi connectivity index (χ1v) is 8.91. The van der Waals surface area contributed by atoms with Crippen molar-refractivity contribution in [3.05, 3.63) is 18.2 Å². The number of hydrogen-bond donors (Lipinski definition) is 1. The molecule has 1 N–H and O–H groups in total. The Morgan fingerprint density at radius 3 is 3.00 bits per heavy atom. The molecule has 2 bridgehead atoms. The number of nitrogens with zero attached hydrogens (tertiary/aromatic N) is 3. The molecule has 2 amide bonds. The van der Waals surface area contributed by atoms with Gasteiger partial charge in [0, 0.05) is 18.3 Å². The highest BCUT2D eigenvalue weighted by atomic mass is 32.1. The number of amides is 2. The molecule has 2 fully saturated rings. The van der Waals surface area contributed by atoms with Crippen LogP contribution in [-0.4, -0.2) is 33.1 Å². The van der Waals surface area contributed by atoms with E-state index in [1.165, 1.54) is 18.0 Å². The Labute approximate surface area is 140 Å². The molecule has 1 aromatic carbocycles. The van der Waals surface area contributed by atoms with E-state index in [0.29, 0.717) is 11.5 Å². The monoisotopic (exact) mass is 330 g/mol. The van der Waals surface area contributed by atoms with Gasteiger partial charge in [-0.2, -0.15) is 0 Å². The molecule has 1 aliphatic heterocycles. The van der Waals surface area contributed by atoms with Gasteiger partial charge in [-0.15, -0.1) is 5.10 Å². The van der Waals surface area contributed by atoms with Gasteiger partial charge < -0.3 is 10.2 Å². The van der Waals surface area contributed by atoms with Gasteiger partial charge in [0.25, 0.3) is 0 Å². The fourth-order valence-corrected chi connectivity index (χ4v) is 5.29. The van der Waals surface area contributed by atoms with Gasteiger partial charge >= 0.3 is 6.03 Å². The molecule has 4 rings (SSSR count). The van der Waals surface area contributed by atoms with Crippen molar-refractivity contribution in [2.24, 2.45) is 10.8 Å². The number of carbonyl (C=O) groups is 1. The van der Waals surface area contributed by atoms with E-state index in [0.717, 1.165) is 35.3 Å². The third-order valence-electron chi connectivity index (χ3n) is 5.17. The van der Waals surface area contributed by atoms with Crippen LogP contribution in [0.15, 0.2) is 18.2 Å². The average Bonchev–Trinajstić information content (AvgIpc) is 2.99. The van der Waals surface area contributed by atoms with Crippen molar-refractivity contribution in [3.8, 4) is 0 Å². The van der Waals surface area contributed by atoms with Gasteiger partial charge in [0.15, 0.2) is 0 Å². The summed E-state index contributed by atoms with van der Waals surface area (Å²) in [7, 11) is 0. The van der Waals surface area contributed by atoms with Gasteiger partial charge in [-0.1, -0.05) is 25.3 Å². The Morgan fingerprint density at radius 2 is 2.17 bits per heavy atom. The van der Waals surface area contributed by atoms with E-state index in [2.05, 4.69) is 35.7 Å². The molecule has 1 saturated carbocycles. The zero-order chi connectivity index (χ0) is 16.2. The molecule has 1 aromatic heterocycles. The van der Waals surface area contributed by atoms with Crippen molar-refractivity contribution in [2.75, 3.05) is 11.9 Å². The number of rotatable bonds is 1. The van der Waals surface area contributed by atoms with E-state index in [1.54, 1.807) is 0 Å². The second kappa shape index (κ2) is 4.90. The Hall–Kier alpha value is -1.69. The molecule has 2 aliphatic rings. The van der Waals surface area contributed by atoms with Gasteiger partial charge in [0.1, 0.15) is 5.52 Å². The lowest BCUT2D eigenvalue weighted by Crippen LogP contribution is -2.40. The highest BCUT2D eigenvalue weighted by Gasteiger charge is 2.50. The Bertz CT molecular complexity index is 771. The summed E-state index contributed by atoms with van der Waals surface area (Å²) in [4.78, 5) is 14.8. The lowest BCUT2D eigenvalue weighted by Gasteiger charge is -2.39. The Morgan fingerprint density at radius 1 is 1.35 bits per heavy atom. The average molecular weight is 330 g/mol. The maximum atomic E-state index is 12.8. The van der Waals surface area contributed by atoms with Gasteiger partial charge in [-0.3, -0.25) is 0 Å². The molecule has 2 atom stereocenters. The topological polar surface area (TPSA) is 58.1 Å².